The Balaban J connectivity index is 1.42. The maximum absolute atomic E-state index is 13.3. The van der Waals surface area contributed by atoms with Crippen molar-refractivity contribution in [3.63, 3.8) is 0 Å². The van der Waals surface area contributed by atoms with Crippen molar-refractivity contribution in [3.8, 4) is 5.69 Å². The molecule has 0 saturated heterocycles. The molecule has 9 nitrogen and oxygen atoms in total. The number of aromatic amines is 1. The second kappa shape index (κ2) is 9.32. The van der Waals surface area contributed by atoms with Crippen LogP contribution in [0, 0.1) is 19.7 Å². The Hall–Kier alpha value is -5.25. The largest absolute Gasteiger partial charge is 0.478 e. The van der Waals surface area contributed by atoms with Gasteiger partial charge in [-0.25, -0.2) is 9.18 Å². The fourth-order valence-electron chi connectivity index (χ4n) is 4.47. The highest BCUT2D eigenvalue weighted by Gasteiger charge is 2.26. The van der Waals surface area contributed by atoms with Gasteiger partial charge in [-0.05, 0) is 74.0 Å². The number of carbonyl (C=O) groups excluding carboxylic acids is 2. The predicted octanol–water partition coefficient (Wildman–Crippen LogP) is 4.36. The van der Waals surface area contributed by atoms with Gasteiger partial charge >= 0.3 is 5.97 Å². The number of H-pyrrole nitrogens is 1. The third-order valence-electron chi connectivity index (χ3n) is 6.34. The highest BCUT2D eigenvalue weighted by molar-refractivity contribution is 6.35. The summed E-state index contributed by atoms with van der Waals surface area (Å²) in [5.41, 5.74) is 3.11. The zero-order valence-corrected chi connectivity index (χ0v) is 20.3. The normalized spacial score (nSPS) is 13.3. The van der Waals surface area contributed by atoms with Gasteiger partial charge in [0.1, 0.15) is 11.4 Å². The summed E-state index contributed by atoms with van der Waals surface area (Å²) in [6.07, 6.45) is 3.08. The minimum Gasteiger partial charge on any atom is -0.478 e. The molecule has 0 spiro atoms. The average molecular weight is 512 g/mol. The number of carboxylic acid groups (broad SMARTS) is 1. The van der Waals surface area contributed by atoms with E-state index in [4.69, 9.17) is 0 Å². The summed E-state index contributed by atoms with van der Waals surface area (Å²) in [4.78, 5) is 53.1. The Labute approximate surface area is 215 Å². The van der Waals surface area contributed by atoms with Crippen LogP contribution in [0.2, 0.25) is 0 Å². The summed E-state index contributed by atoms with van der Waals surface area (Å²) in [6, 6.07) is 13.1. The number of nitrogens with one attached hydrogen (secondary N) is 3. The predicted molar refractivity (Wildman–Crippen MR) is 140 cm³/mol. The van der Waals surface area contributed by atoms with Gasteiger partial charge in [0.15, 0.2) is 0 Å². The van der Waals surface area contributed by atoms with E-state index < -0.39 is 23.3 Å². The summed E-state index contributed by atoms with van der Waals surface area (Å²) in [5.74, 6) is -2.52. The summed E-state index contributed by atoms with van der Waals surface area (Å²) < 4.78 is 14.5. The lowest BCUT2D eigenvalue weighted by Crippen LogP contribution is -2.27. The van der Waals surface area contributed by atoms with E-state index in [2.05, 4.69) is 15.6 Å². The molecule has 0 atom stereocenters. The zero-order valence-electron chi connectivity index (χ0n) is 20.3. The molecular weight excluding hydrogens is 491 g/mol. The Morgan fingerprint density at radius 3 is 2.47 bits per heavy atom. The molecule has 38 heavy (non-hydrogen) atoms. The van der Waals surface area contributed by atoms with Crippen molar-refractivity contribution in [2.45, 2.75) is 13.8 Å². The SMILES string of the molecule is Cc1[nH]c(C=C2C(=O)Nc3cc(NC(=O)c4cccn(-c5ccc(F)cc5)c4=O)ccc32)c(C)c1C(=O)O. The van der Waals surface area contributed by atoms with Gasteiger partial charge in [-0.1, -0.05) is 6.07 Å². The number of carbonyl (C=O) groups is 3. The molecule has 1 aliphatic rings. The molecule has 2 amide bonds. The van der Waals surface area contributed by atoms with E-state index in [9.17, 15) is 28.7 Å². The van der Waals surface area contributed by atoms with Crippen LogP contribution >= 0.6 is 0 Å². The molecule has 0 bridgehead atoms. The van der Waals surface area contributed by atoms with E-state index in [0.717, 1.165) is 0 Å². The molecule has 4 N–H and O–H groups in total. The number of hydrogen-bond donors (Lipinski definition) is 4. The second-order valence-corrected chi connectivity index (χ2v) is 8.77. The summed E-state index contributed by atoms with van der Waals surface area (Å²) in [7, 11) is 0. The molecule has 2 aromatic carbocycles. The Kier molecular flexibility index (Phi) is 6.00. The standard InChI is InChI=1S/C28H21FN4O5/c1-14-22(30-15(2)24(14)28(37)38)13-21-19-10-7-17(12-23(19)32-26(21)35)31-25(34)20-4-3-11-33(27(20)36)18-8-5-16(29)6-9-18/h3-13,30H,1-2H3,(H,31,34)(H,32,35)(H,37,38). The lowest BCUT2D eigenvalue weighted by molar-refractivity contribution is -0.110. The van der Waals surface area contributed by atoms with Crippen molar-refractivity contribution in [3.05, 3.63) is 111 Å². The molecule has 0 unspecified atom stereocenters. The Bertz CT molecular complexity index is 1730. The third kappa shape index (κ3) is 4.28. The van der Waals surface area contributed by atoms with Crippen LogP contribution in [0.5, 0.6) is 0 Å². The molecule has 10 heteroatoms. The highest BCUT2D eigenvalue weighted by atomic mass is 19.1. The van der Waals surface area contributed by atoms with Gasteiger partial charge in [-0.15, -0.1) is 0 Å². The van der Waals surface area contributed by atoms with E-state index in [0.29, 0.717) is 45.2 Å². The van der Waals surface area contributed by atoms with E-state index in [1.165, 1.54) is 41.1 Å². The van der Waals surface area contributed by atoms with Crippen molar-refractivity contribution in [1.29, 1.82) is 0 Å². The van der Waals surface area contributed by atoms with Crippen molar-refractivity contribution in [2.24, 2.45) is 0 Å². The smallest absolute Gasteiger partial charge is 0.337 e. The third-order valence-corrected chi connectivity index (χ3v) is 6.34. The van der Waals surface area contributed by atoms with E-state index in [-0.39, 0.29) is 17.0 Å². The van der Waals surface area contributed by atoms with Gasteiger partial charge in [0.05, 0.1) is 16.8 Å². The molecule has 190 valence electrons. The van der Waals surface area contributed by atoms with Gasteiger partial charge in [-0.2, -0.15) is 0 Å². The summed E-state index contributed by atoms with van der Waals surface area (Å²) in [6.45, 7) is 3.32. The molecule has 2 aromatic heterocycles. The van der Waals surface area contributed by atoms with Gasteiger partial charge in [0, 0.05) is 34.5 Å². The number of amides is 2. The lowest BCUT2D eigenvalue weighted by atomic mass is 10.0. The van der Waals surface area contributed by atoms with Crippen LogP contribution in [-0.2, 0) is 4.79 Å². The first-order valence-corrected chi connectivity index (χ1v) is 11.5. The van der Waals surface area contributed by atoms with Crippen molar-refractivity contribution >= 4 is 40.8 Å². The Morgan fingerprint density at radius 2 is 1.79 bits per heavy atom. The number of nitrogens with zero attached hydrogens (tertiary/aromatic N) is 1. The topological polar surface area (TPSA) is 133 Å². The molecule has 4 aromatic rings. The number of fused-ring (bicyclic) bond motifs is 1. The number of hydrogen-bond acceptors (Lipinski definition) is 4. The first-order chi connectivity index (χ1) is 18.1. The molecule has 5 rings (SSSR count). The molecule has 0 radical (unpaired) electrons. The maximum atomic E-state index is 13.3. The van der Waals surface area contributed by atoms with Crippen LogP contribution in [0.3, 0.4) is 0 Å². The van der Waals surface area contributed by atoms with E-state index >= 15 is 0 Å². The fraction of sp³-hybridized carbons (Fsp3) is 0.0714. The molecule has 3 heterocycles. The van der Waals surface area contributed by atoms with Gasteiger partial charge < -0.3 is 20.7 Å². The van der Waals surface area contributed by atoms with Crippen LogP contribution in [0.1, 0.15) is 43.2 Å². The number of carboxylic acids is 1. The van der Waals surface area contributed by atoms with Crippen LogP contribution in [0.25, 0.3) is 17.3 Å². The van der Waals surface area contributed by atoms with Crippen LogP contribution in [0.15, 0.2) is 65.6 Å². The Morgan fingerprint density at radius 1 is 1.05 bits per heavy atom. The molecule has 0 fully saturated rings. The molecule has 0 saturated carbocycles. The van der Waals surface area contributed by atoms with Crippen LogP contribution in [-0.4, -0.2) is 32.4 Å². The van der Waals surface area contributed by atoms with Crippen molar-refractivity contribution in [1.82, 2.24) is 9.55 Å². The average Bonchev–Trinajstić information content (AvgIpc) is 3.33. The number of halogens is 1. The minimum absolute atomic E-state index is 0.117. The fourth-order valence-corrected chi connectivity index (χ4v) is 4.47. The van der Waals surface area contributed by atoms with Crippen molar-refractivity contribution in [2.75, 3.05) is 10.6 Å². The number of pyridine rings is 1. The number of aromatic nitrogens is 2. The van der Waals surface area contributed by atoms with Gasteiger partial charge in [-0.3, -0.25) is 19.0 Å². The van der Waals surface area contributed by atoms with Crippen LogP contribution in [0.4, 0.5) is 15.8 Å². The van der Waals surface area contributed by atoms with E-state index in [1.807, 2.05) is 0 Å². The lowest BCUT2D eigenvalue weighted by Gasteiger charge is -2.10. The highest BCUT2D eigenvalue weighted by Crippen LogP contribution is 2.36. The van der Waals surface area contributed by atoms with Gasteiger partial charge in [0.2, 0.25) is 0 Å². The van der Waals surface area contributed by atoms with Crippen LogP contribution < -0.4 is 16.2 Å². The number of anilines is 2. The summed E-state index contributed by atoms with van der Waals surface area (Å²) in [5, 5.41) is 14.8. The minimum atomic E-state index is -1.06. The zero-order chi connectivity index (χ0) is 27.1. The number of aromatic carboxylic acids is 1. The number of benzene rings is 2. The number of aryl methyl sites for hydroxylation is 1. The first-order valence-electron chi connectivity index (χ1n) is 11.5. The number of rotatable bonds is 5. The van der Waals surface area contributed by atoms with Gasteiger partial charge in [0.25, 0.3) is 17.4 Å². The first kappa shape index (κ1) is 24.4. The monoisotopic (exact) mass is 512 g/mol. The molecular formula is C28H21FN4O5. The second-order valence-electron chi connectivity index (χ2n) is 8.77. The molecule has 1 aliphatic heterocycles. The van der Waals surface area contributed by atoms with Crippen molar-refractivity contribution < 1.29 is 23.9 Å². The van der Waals surface area contributed by atoms with E-state index in [1.54, 1.807) is 44.2 Å². The maximum Gasteiger partial charge on any atom is 0.337 e. The quantitative estimate of drug-likeness (QED) is 0.295. The molecule has 0 aliphatic carbocycles. The summed E-state index contributed by atoms with van der Waals surface area (Å²) >= 11 is 0.